The summed E-state index contributed by atoms with van der Waals surface area (Å²) < 4.78 is 0. The zero-order valence-electron chi connectivity index (χ0n) is 10.6. The number of fused-ring (bicyclic) bond motifs is 2. The van der Waals surface area contributed by atoms with Crippen LogP contribution in [0.1, 0.15) is 23.6 Å². The summed E-state index contributed by atoms with van der Waals surface area (Å²) in [5, 5.41) is 11.8. The van der Waals surface area contributed by atoms with E-state index < -0.39 is 0 Å². The lowest BCUT2D eigenvalue weighted by molar-refractivity contribution is 0.762. The van der Waals surface area contributed by atoms with E-state index in [1.54, 1.807) is 0 Å². The van der Waals surface area contributed by atoms with Gasteiger partial charge in [-0.1, -0.05) is 24.3 Å². The maximum Gasteiger partial charge on any atom is 0.0651 e. The molecule has 1 unspecified atom stereocenters. The molecule has 3 aromatic rings. The van der Waals surface area contributed by atoms with Crippen molar-refractivity contribution in [2.75, 3.05) is 5.32 Å². The van der Waals surface area contributed by atoms with Crippen LogP contribution in [0.25, 0.3) is 10.9 Å². The van der Waals surface area contributed by atoms with Gasteiger partial charge in [-0.05, 0) is 42.2 Å². The summed E-state index contributed by atoms with van der Waals surface area (Å²) in [6, 6.07) is 15.5. The first-order valence-corrected chi connectivity index (χ1v) is 6.68. The van der Waals surface area contributed by atoms with Crippen LogP contribution in [0.3, 0.4) is 0 Å². The van der Waals surface area contributed by atoms with Crippen LogP contribution in [0.4, 0.5) is 5.69 Å². The molecule has 0 saturated heterocycles. The Balaban J connectivity index is 1.65. The molecule has 0 amide bonds. The van der Waals surface area contributed by atoms with E-state index >= 15 is 0 Å². The molecule has 4 rings (SSSR count). The molecule has 0 radical (unpaired) electrons. The third-order valence-electron chi connectivity index (χ3n) is 3.91. The van der Waals surface area contributed by atoms with E-state index in [0.29, 0.717) is 6.04 Å². The molecule has 0 fully saturated rings. The van der Waals surface area contributed by atoms with Crippen molar-refractivity contribution in [2.45, 2.75) is 18.9 Å². The topological polar surface area (TPSA) is 40.7 Å². The van der Waals surface area contributed by atoms with E-state index in [4.69, 9.17) is 0 Å². The average Bonchev–Trinajstić information content (AvgIpc) is 3.06. The van der Waals surface area contributed by atoms with Crippen LogP contribution in [0.15, 0.2) is 48.7 Å². The Labute approximate surface area is 111 Å². The molecule has 1 atom stereocenters. The Kier molecular flexibility index (Phi) is 2.30. The number of aromatic nitrogens is 2. The van der Waals surface area contributed by atoms with Gasteiger partial charge in [-0.2, -0.15) is 5.10 Å². The van der Waals surface area contributed by atoms with Crippen LogP contribution in [0, 0.1) is 0 Å². The zero-order valence-corrected chi connectivity index (χ0v) is 10.6. The standard InChI is InChI=1S/C16H15N3/c1-2-4-14-11(3-1)5-7-16(14)18-13-6-8-15-12(9-13)10-17-19-15/h1-4,6,8-10,16,18H,5,7H2,(H,17,19). The number of hydrogen-bond donors (Lipinski definition) is 2. The molecule has 2 aromatic carbocycles. The summed E-state index contributed by atoms with van der Waals surface area (Å²) in [6.07, 6.45) is 4.20. The molecule has 1 aliphatic rings. The lowest BCUT2D eigenvalue weighted by Crippen LogP contribution is -2.06. The first-order valence-electron chi connectivity index (χ1n) is 6.68. The Morgan fingerprint density at radius 1 is 1.16 bits per heavy atom. The van der Waals surface area contributed by atoms with Gasteiger partial charge in [0.05, 0.1) is 17.8 Å². The molecule has 3 heteroatoms. The van der Waals surface area contributed by atoms with Crippen molar-refractivity contribution in [3.8, 4) is 0 Å². The van der Waals surface area contributed by atoms with Gasteiger partial charge >= 0.3 is 0 Å². The second-order valence-electron chi connectivity index (χ2n) is 5.11. The molecular formula is C16H15N3. The van der Waals surface area contributed by atoms with Crippen LogP contribution < -0.4 is 5.32 Å². The van der Waals surface area contributed by atoms with E-state index in [9.17, 15) is 0 Å². The second kappa shape index (κ2) is 4.12. The number of nitrogens with zero attached hydrogens (tertiary/aromatic N) is 1. The fourth-order valence-electron chi connectivity index (χ4n) is 2.94. The number of anilines is 1. The molecule has 0 aliphatic heterocycles. The molecule has 0 spiro atoms. The first-order chi connectivity index (χ1) is 9.40. The second-order valence-corrected chi connectivity index (χ2v) is 5.11. The number of aromatic amines is 1. The Bertz CT molecular complexity index is 729. The molecule has 2 N–H and O–H groups in total. The highest BCUT2D eigenvalue weighted by Crippen LogP contribution is 2.34. The normalized spacial score (nSPS) is 17.6. The number of rotatable bonds is 2. The van der Waals surface area contributed by atoms with E-state index in [-0.39, 0.29) is 0 Å². The smallest absolute Gasteiger partial charge is 0.0651 e. The largest absolute Gasteiger partial charge is 0.378 e. The highest BCUT2D eigenvalue weighted by Gasteiger charge is 2.21. The van der Waals surface area contributed by atoms with Gasteiger partial charge in [0.1, 0.15) is 0 Å². The third kappa shape index (κ3) is 1.78. The maximum atomic E-state index is 4.06. The van der Waals surface area contributed by atoms with Crippen LogP contribution in [-0.4, -0.2) is 10.2 Å². The van der Waals surface area contributed by atoms with Crippen molar-refractivity contribution in [3.63, 3.8) is 0 Å². The van der Waals surface area contributed by atoms with Gasteiger partial charge in [-0.3, -0.25) is 5.10 Å². The van der Waals surface area contributed by atoms with Gasteiger partial charge in [0.25, 0.3) is 0 Å². The number of nitrogens with one attached hydrogen (secondary N) is 2. The predicted octanol–water partition coefficient (Wildman–Crippen LogP) is 3.66. The zero-order chi connectivity index (χ0) is 12.7. The fourth-order valence-corrected chi connectivity index (χ4v) is 2.94. The minimum Gasteiger partial charge on any atom is -0.378 e. The van der Waals surface area contributed by atoms with Crippen molar-refractivity contribution in [2.24, 2.45) is 0 Å². The Morgan fingerprint density at radius 2 is 2.11 bits per heavy atom. The molecule has 0 saturated carbocycles. The van der Waals surface area contributed by atoms with Crippen molar-refractivity contribution >= 4 is 16.6 Å². The highest BCUT2D eigenvalue weighted by molar-refractivity contribution is 5.81. The van der Waals surface area contributed by atoms with Gasteiger partial charge < -0.3 is 5.32 Å². The monoisotopic (exact) mass is 249 g/mol. The molecule has 1 aliphatic carbocycles. The van der Waals surface area contributed by atoms with Crippen LogP contribution in [0.2, 0.25) is 0 Å². The molecule has 1 aromatic heterocycles. The summed E-state index contributed by atoms with van der Waals surface area (Å²) >= 11 is 0. The quantitative estimate of drug-likeness (QED) is 0.727. The fraction of sp³-hybridized carbons (Fsp3) is 0.188. The molecule has 0 bridgehead atoms. The number of aryl methyl sites for hydroxylation is 1. The number of H-pyrrole nitrogens is 1. The van der Waals surface area contributed by atoms with E-state index in [1.165, 1.54) is 24.0 Å². The van der Waals surface area contributed by atoms with Crippen LogP contribution in [-0.2, 0) is 6.42 Å². The van der Waals surface area contributed by atoms with Gasteiger partial charge in [0.15, 0.2) is 0 Å². The lowest BCUT2D eigenvalue weighted by atomic mass is 10.1. The summed E-state index contributed by atoms with van der Waals surface area (Å²) in [6.45, 7) is 0. The average molecular weight is 249 g/mol. The molecule has 1 heterocycles. The van der Waals surface area contributed by atoms with E-state index in [1.807, 2.05) is 6.20 Å². The minimum absolute atomic E-state index is 0.431. The SMILES string of the molecule is c1ccc2c(c1)CCC2Nc1ccc2[nH]ncc2c1. The summed E-state index contributed by atoms with van der Waals surface area (Å²) in [5.41, 5.74) is 5.16. The Hall–Kier alpha value is -2.29. The summed E-state index contributed by atoms with van der Waals surface area (Å²) in [4.78, 5) is 0. The van der Waals surface area contributed by atoms with Crippen molar-refractivity contribution in [1.29, 1.82) is 0 Å². The molecule has 3 nitrogen and oxygen atoms in total. The van der Waals surface area contributed by atoms with Crippen LogP contribution >= 0.6 is 0 Å². The van der Waals surface area contributed by atoms with Gasteiger partial charge in [0.2, 0.25) is 0 Å². The third-order valence-corrected chi connectivity index (χ3v) is 3.91. The van der Waals surface area contributed by atoms with Crippen LogP contribution in [0.5, 0.6) is 0 Å². The molecule has 19 heavy (non-hydrogen) atoms. The van der Waals surface area contributed by atoms with E-state index in [2.05, 4.69) is 58.0 Å². The van der Waals surface area contributed by atoms with E-state index in [0.717, 1.165) is 16.6 Å². The van der Waals surface area contributed by atoms with Gasteiger partial charge in [0, 0.05) is 11.1 Å². The molecule has 94 valence electrons. The minimum atomic E-state index is 0.431. The van der Waals surface area contributed by atoms with Crippen molar-refractivity contribution < 1.29 is 0 Å². The number of benzene rings is 2. The maximum absolute atomic E-state index is 4.06. The predicted molar refractivity (Wildman–Crippen MR) is 77.2 cm³/mol. The summed E-state index contributed by atoms with van der Waals surface area (Å²) in [5.74, 6) is 0. The van der Waals surface area contributed by atoms with Gasteiger partial charge in [-0.15, -0.1) is 0 Å². The molecular weight excluding hydrogens is 234 g/mol. The Morgan fingerprint density at radius 3 is 3.11 bits per heavy atom. The van der Waals surface area contributed by atoms with Crippen molar-refractivity contribution in [3.05, 3.63) is 59.8 Å². The van der Waals surface area contributed by atoms with Gasteiger partial charge in [-0.25, -0.2) is 0 Å². The number of hydrogen-bond acceptors (Lipinski definition) is 2. The summed E-state index contributed by atoms with van der Waals surface area (Å²) in [7, 11) is 0. The van der Waals surface area contributed by atoms with Crippen molar-refractivity contribution in [1.82, 2.24) is 10.2 Å². The first kappa shape index (κ1) is 10.6. The highest BCUT2D eigenvalue weighted by atomic mass is 15.1. The lowest BCUT2D eigenvalue weighted by Gasteiger charge is -2.15.